The van der Waals surface area contributed by atoms with Crippen molar-refractivity contribution in [3.63, 3.8) is 0 Å². The van der Waals surface area contributed by atoms with Gasteiger partial charge in [0.1, 0.15) is 0 Å². The standard InChI is InChI=1S/C27H35N3O4S/c1-26(2)16-23-17-27(3,18-26)19-30(23)35(32,33)24-10-4-20(5-11-24)25(31)28-21-6-8-22(9-7-21)29-12-14-34-15-13-29/h4-11,23H,12-19H2,1-3H3,(H,28,31)/t23-,27-/m1/s1. The molecule has 35 heavy (non-hydrogen) atoms. The van der Waals surface area contributed by atoms with E-state index in [0.717, 1.165) is 51.3 Å². The number of sulfonamides is 1. The summed E-state index contributed by atoms with van der Waals surface area (Å²) in [6, 6.07) is 14.1. The maximum absolute atomic E-state index is 13.5. The molecule has 2 aromatic carbocycles. The Kier molecular flexibility index (Phi) is 6.18. The molecule has 0 unspecified atom stereocenters. The second-order valence-corrected chi connectivity index (χ2v) is 13.3. The Bertz CT molecular complexity index is 1190. The van der Waals surface area contributed by atoms with E-state index in [4.69, 9.17) is 4.74 Å². The van der Waals surface area contributed by atoms with E-state index >= 15 is 0 Å². The molecule has 188 valence electrons. The Balaban J connectivity index is 1.26. The molecule has 0 aromatic heterocycles. The van der Waals surface area contributed by atoms with E-state index in [1.54, 1.807) is 28.6 Å². The first kappa shape index (κ1) is 24.3. The highest BCUT2D eigenvalue weighted by Gasteiger charge is 2.53. The van der Waals surface area contributed by atoms with Crippen LogP contribution in [0, 0.1) is 10.8 Å². The molecule has 5 rings (SSSR count). The van der Waals surface area contributed by atoms with Crippen molar-refractivity contribution in [2.24, 2.45) is 10.8 Å². The first-order valence-corrected chi connectivity index (χ1v) is 13.8. The third-order valence-corrected chi connectivity index (χ3v) is 9.50. The zero-order chi connectivity index (χ0) is 24.8. The van der Waals surface area contributed by atoms with Gasteiger partial charge in [-0.2, -0.15) is 4.31 Å². The zero-order valence-electron chi connectivity index (χ0n) is 20.8. The van der Waals surface area contributed by atoms with Gasteiger partial charge in [0.05, 0.1) is 18.1 Å². The SMILES string of the molecule is CC1(C)C[C@@H]2C[C@@](C)(CN2S(=O)(=O)c2ccc(C(=O)Nc3ccc(N4CCOCC4)cc3)cc2)C1. The minimum absolute atomic E-state index is 0.0244. The lowest BCUT2D eigenvalue weighted by Gasteiger charge is -2.39. The number of morpholine rings is 1. The van der Waals surface area contributed by atoms with Gasteiger partial charge >= 0.3 is 0 Å². The summed E-state index contributed by atoms with van der Waals surface area (Å²) in [6.07, 6.45) is 2.84. The lowest BCUT2D eigenvalue weighted by atomic mass is 9.65. The Morgan fingerprint density at radius 2 is 1.63 bits per heavy atom. The highest BCUT2D eigenvalue weighted by molar-refractivity contribution is 7.89. The normalized spacial score (nSPS) is 26.5. The average Bonchev–Trinajstić information content (AvgIpc) is 3.09. The number of nitrogens with zero attached hydrogens (tertiary/aromatic N) is 2. The van der Waals surface area contributed by atoms with Crippen molar-refractivity contribution < 1.29 is 17.9 Å². The fraction of sp³-hybridized carbons (Fsp3) is 0.519. The van der Waals surface area contributed by atoms with Crippen LogP contribution in [0.25, 0.3) is 0 Å². The largest absolute Gasteiger partial charge is 0.378 e. The quantitative estimate of drug-likeness (QED) is 0.664. The molecule has 1 amide bonds. The van der Waals surface area contributed by atoms with E-state index in [1.165, 1.54) is 0 Å². The molecule has 2 atom stereocenters. The number of amides is 1. The summed E-state index contributed by atoms with van der Waals surface area (Å²) in [7, 11) is -3.61. The predicted octanol–water partition coefficient (Wildman–Crippen LogP) is 4.36. The second kappa shape index (κ2) is 8.91. The maximum atomic E-state index is 13.5. The van der Waals surface area contributed by atoms with Crippen molar-refractivity contribution >= 4 is 27.3 Å². The number of hydrogen-bond donors (Lipinski definition) is 1. The van der Waals surface area contributed by atoms with Gasteiger partial charge in [-0.05, 0) is 78.6 Å². The number of benzene rings is 2. The summed E-state index contributed by atoms with van der Waals surface area (Å²) in [5.74, 6) is -0.264. The van der Waals surface area contributed by atoms with Gasteiger partial charge in [0.25, 0.3) is 5.91 Å². The molecular weight excluding hydrogens is 462 g/mol. The second-order valence-electron chi connectivity index (χ2n) is 11.4. The summed E-state index contributed by atoms with van der Waals surface area (Å²) in [6.45, 7) is 10.4. The van der Waals surface area contributed by atoms with Gasteiger partial charge in [-0.3, -0.25) is 4.79 Å². The average molecular weight is 498 g/mol. The van der Waals surface area contributed by atoms with E-state index in [9.17, 15) is 13.2 Å². The van der Waals surface area contributed by atoms with E-state index in [0.29, 0.717) is 17.8 Å². The molecule has 1 aliphatic carbocycles. The van der Waals surface area contributed by atoms with Crippen LogP contribution < -0.4 is 10.2 Å². The summed E-state index contributed by atoms with van der Waals surface area (Å²) in [4.78, 5) is 15.3. The Morgan fingerprint density at radius 1 is 0.971 bits per heavy atom. The molecule has 2 saturated heterocycles. The van der Waals surface area contributed by atoms with Crippen LogP contribution in [0.15, 0.2) is 53.4 Å². The lowest BCUT2D eigenvalue weighted by Crippen LogP contribution is -2.37. The van der Waals surface area contributed by atoms with Crippen LogP contribution in [0.4, 0.5) is 11.4 Å². The first-order valence-electron chi connectivity index (χ1n) is 12.4. The van der Waals surface area contributed by atoms with Gasteiger partial charge in [-0.15, -0.1) is 0 Å². The lowest BCUT2D eigenvalue weighted by molar-refractivity contribution is 0.102. The van der Waals surface area contributed by atoms with Crippen LogP contribution in [0.3, 0.4) is 0 Å². The number of ether oxygens (including phenoxy) is 1. The zero-order valence-corrected chi connectivity index (χ0v) is 21.6. The van der Waals surface area contributed by atoms with Crippen LogP contribution in [0.2, 0.25) is 0 Å². The highest BCUT2D eigenvalue weighted by atomic mass is 32.2. The molecule has 8 heteroatoms. The van der Waals surface area contributed by atoms with Gasteiger partial charge in [0.2, 0.25) is 10.0 Å². The van der Waals surface area contributed by atoms with Crippen LogP contribution in [0.1, 0.15) is 50.4 Å². The Hall–Kier alpha value is -2.42. The van der Waals surface area contributed by atoms with E-state index < -0.39 is 10.0 Å². The monoisotopic (exact) mass is 497 g/mol. The number of carbonyl (C=O) groups excluding carboxylic acids is 1. The van der Waals surface area contributed by atoms with Gasteiger partial charge in [-0.25, -0.2) is 8.42 Å². The van der Waals surface area contributed by atoms with Crippen LogP contribution in [0.5, 0.6) is 0 Å². The molecule has 7 nitrogen and oxygen atoms in total. The number of nitrogens with one attached hydrogen (secondary N) is 1. The minimum atomic E-state index is -3.61. The predicted molar refractivity (Wildman–Crippen MR) is 137 cm³/mol. The van der Waals surface area contributed by atoms with Gasteiger partial charge in [0.15, 0.2) is 0 Å². The molecule has 2 aliphatic heterocycles. The maximum Gasteiger partial charge on any atom is 0.255 e. The fourth-order valence-corrected chi connectivity index (χ4v) is 8.16. The fourth-order valence-electron chi connectivity index (χ4n) is 6.38. The molecule has 0 radical (unpaired) electrons. The molecule has 2 aromatic rings. The summed E-state index contributed by atoms with van der Waals surface area (Å²) in [5.41, 5.74) is 2.39. The molecule has 2 heterocycles. The molecule has 2 bridgehead atoms. The molecule has 3 fully saturated rings. The third kappa shape index (κ3) is 4.97. The molecule has 3 aliphatic rings. The number of rotatable bonds is 5. The minimum Gasteiger partial charge on any atom is -0.378 e. The molecule has 1 saturated carbocycles. The number of hydrogen-bond acceptors (Lipinski definition) is 5. The van der Waals surface area contributed by atoms with E-state index in [-0.39, 0.29) is 27.7 Å². The number of carbonyl (C=O) groups is 1. The summed E-state index contributed by atoms with van der Waals surface area (Å²) < 4.78 is 34.1. The van der Waals surface area contributed by atoms with Crippen molar-refractivity contribution in [1.29, 1.82) is 0 Å². The van der Waals surface area contributed by atoms with E-state index in [1.807, 2.05) is 24.3 Å². The van der Waals surface area contributed by atoms with Crippen molar-refractivity contribution in [3.8, 4) is 0 Å². The van der Waals surface area contributed by atoms with Gasteiger partial charge in [0, 0.05) is 42.6 Å². The van der Waals surface area contributed by atoms with Crippen molar-refractivity contribution in [3.05, 3.63) is 54.1 Å². The number of anilines is 2. The Morgan fingerprint density at radius 3 is 2.29 bits per heavy atom. The molecule has 0 spiro atoms. The first-order chi connectivity index (χ1) is 16.5. The topological polar surface area (TPSA) is 79.0 Å². The van der Waals surface area contributed by atoms with Crippen LogP contribution in [-0.2, 0) is 14.8 Å². The summed E-state index contributed by atoms with van der Waals surface area (Å²) in [5, 5.41) is 2.90. The van der Waals surface area contributed by atoms with Crippen LogP contribution in [-0.4, -0.2) is 57.5 Å². The highest BCUT2D eigenvalue weighted by Crippen LogP contribution is 2.53. The smallest absolute Gasteiger partial charge is 0.255 e. The van der Waals surface area contributed by atoms with Crippen LogP contribution >= 0.6 is 0 Å². The van der Waals surface area contributed by atoms with Gasteiger partial charge in [-0.1, -0.05) is 20.8 Å². The Labute approximate surface area is 208 Å². The number of fused-ring (bicyclic) bond motifs is 2. The van der Waals surface area contributed by atoms with E-state index in [2.05, 4.69) is 31.0 Å². The van der Waals surface area contributed by atoms with Crippen molar-refractivity contribution in [2.75, 3.05) is 43.1 Å². The summed E-state index contributed by atoms with van der Waals surface area (Å²) >= 11 is 0. The van der Waals surface area contributed by atoms with Gasteiger partial charge < -0.3 is 15.0 Å². The van der Waals surface area contributed by atoms with Crippen molar-refractivity contribution in [2.45, 2.75) is 51.0 Å². The molecular formula is C27H35N3O4S. The third-order valence-electron chi connectivity index (χ3n) is 7.59. The molecule has 1 N–H and O–H groups in total. The van der Waals surface area contributed by atoms with Crippen molar-refractivity contribution in [1.82, 2.24) is 4.31 Å².